The molecule has 4 heteroatoms. The van der Waals surface area contributed by atoms with Gasteiger partial charge in [0.1, 0.15) is 18.3 Å². The smallest absolute Gasteiger partial charge is 0.110 e. The average Bonchev–Trinajstić information content (AvgIpc) is 3.10. The van der Waals surface area contributed by atoms with E-state index in [1.807, 2.05) is 0 Å². The normalized spacial score (nSPS) is 21.8. The number of ether oxygens (including phenoxy) is 1. The van der Waals surface area contributed by atoms with Gasteiger partial charge in [0.15, 0.2) is 0 Å². The first-order chi connectivity index (χ1) is 14.2. The van der Waals surface area contributed by atoms with Gasteiger partial charge in [-0.25, -0.2) is 0 Å². The Bertz CT molecular complexity index is 1130. The van der Waals surface area contributed by atoms with E-state index < -0.39 is 18.3 Å². The van der Waals surface area contributed by atoms with E-state index in [1.165, 1.54) is 43.1 Å². The Balaban J connectivity index is 0.000000171. The summed E-state index contributed by atoms with van der Waals surface area (Å²) in [5, 5.41) is 37.1. The molecule has 1 heterocycles. The average molecular weight is 386 g/mol. The highest BCUT2D eigenvalue weighted by Gasteiger charge is 2.33. The fourth-order valence-corrected chi connectivity index (χ4v) is 4.41. The third kappa shape index (κ3) is 2.93. The van der Waals surface area contributed by atoms with Gasteiger partial charge in [-0.2, -0.15) is 0 Å². The van der Waals surface area contributed by atoms with Crippen LogP contribution in [0.15, 0.2) is 72.8 Å². The van der Waals surface area contributed by atoms with Crippen LogP contribution >= 0.6 is 0 Å². The van der Waals surface area contributed by atoms with Gasteiger partial charge in [0.2, 0.25) is 0 Å². The summed E-state index contributed by atoms with van der Waals surface area (Å²) in [6.45, 7) is -0.120. The lowest BCUT2D eigenvalue weighted by Gasteiger charge is -2.13. The molecule has 3 atom stereocenters. The van der Waals surface area contributed by atoms with Gasteiger partial charge in [-0.15, -0.1) is 0 Å². The molecule has 0 aliphatic carbocycles. The molecule has 5 aromatic rings. The van der Waals surface area contributed by atoms with Gasteiger partial charge < -0.3 is 20.1 Å². The lowest BCUT2D eigenvalue weighted by atomic mass is 9.90. The van der Waals surface area contributed by atoms with Crippen LogP contribution in [0.4, 0.5) is 0 Å². The monoisotopic (exact) mass is 386 g/mol. The Labute approximate surface area is 167 Å². The number of fused-ring (bicyclic) bond motifs is 2. The summed E-state index contributed by atoms with van der Waals surface area (Å²) >= 11 is 0. The molecule has 1 fully saturated rings. The Morgan fingerprint density at radius 1 is 0.690 bits per heavy atom. The molecule has 146 valence electrons. The van der Waals surface area contributed by atoms with Crippen LogP contribution in [0.1, 0.15) is 0 Å². The molecule has 1 aliphatic heterocycles. The van der Waals surface area contributed by atoms with Gasteiger partial charge in [-0.3, -0.25) is 0 Å². The minimum Gasteiger partial charge on any atom is -0.394 e. The van der Waals surface area contributed by atoms with E-state index in [1.54, 1.807) is 0 Å². The zero-order valence-electron chi connectivity index (χ0n) is 15.8. The summed E-state index contributed by atoms with van der Waals surface area (Å²) < 4.78 is 4.78. The minimum atomic E-state index is -0.921. The van der Waals surface area contributed by atoms with E-state index in [0.717, 1.165) is 0 Å². The zero-order chi connectivity index (χ0) is 20.0. The van der Waals surface area contributed by atoms with Crippen LogP contribution in [-0.4, -0.2) is 46.8 Å². The van der Waals surface area contributed by atoms with Crippen LogP contribution in [0, 0.1) is 0 Å². The van der Waals surface area contributed by atoms with Crippen molar-refractivity contribution in [3.8, 4) is 0 Å². The van der Waals surface area contributed by atoms with Crippen molar-refractivity contribution >= 4 is 43.1 Å². The van der Waals surface area contributed by atoms with Crippen LogP contribution in [-0.2, 0) is 4.74 Å². The van der Waals surface area contributed by atoms with E-state index >= 15 is 0 Å². The second-order valence-electron chi connectivity index (χ2n) is 7.53. The number of benzene rings is 5. The molecule has 6 rings (SSSR count). The van der Waals surface area contributed by atoms with Gasteiger partial charge in [-0.05, 0) is 43.1 Å². The van der Waals surface area contributed by atoms with Crippen LogP contribution in [0.25, 0.3) is 43.1 Å². The molecule has 0 spiro atoms. The molecule has 29 heavy (non-hydrogen) atoms. The van der Waals surface area contributed by atoms with Crippen LogP contribution in [0.5, 0.6) is 0 Å². The third-order valence-corrected chi connectivity index (χ3v) is 5.83. The van der Waals surface area contributed by atoms with E-state index in [-0.39, 0.29) is 13.2 Å². The molecule has 3 N–H and O–H groups in total. The molecule has 0 saturated carbocycles. The van der Waals surface area contributed by atoms with Crippen molar-refractivity contribution in [2.75, 3.05) is 13.2 Å². The minimum absolute atomic E-state index is 0.117. The summed E-state index contributed by atoms with van der Waals surface area (Å²) in [7, 11) is 0. The van der Waals surface area contributed by atoms with Crippen molar-refractivity contribution in [2.45, 2.75) is 18.3 Å². The number of aliphatic hydroxyl groups excluding tert-OH is 3. The first-order valence-corrected chi connectivity index (χ1v) is 9.82. The summed E-state index contributed by atoms with van der Waals surface area (Å²) in [6, 6.07) is 26.4. The lowest BCUT2D eigenvalue weighted by molar-refractivity contribution is -0.00588. The maximum Gasteiger partial charge on any atom is 0.110 e. The number of hydrogen-bond acceptors (Lipinski definition) is 4. The maximum atomic E-state index is 8.92. The van der Waals surface area contributed by atoms with Crippen LogP contribution in [0.2, 0.25) is 0 Å². The molecule has 1 saturated heterocycles. The second-order valence-corrected chi connectivity index (χ2v) is 7.53. The first kappa shape index (κ1) is 18.3. The number of rotatable bonds is 1. The molecule has 4 nitrogen and oxygen atoms in total. The molecular weight excluding hydrogens is 364 g/mol. The number of aliphatic hydroxyl groups is 3. The molecule has 5 aromatic carbocycles. The van der Waals surface area contributed by atoms with E-state index in [4.69, 9.17) is 20.1 Å². The highest BCUT2D eigenvalue weighted by molar-refractivity contribution is 6.32. The standard InChI is InChI=1S/C20H12.C5H10O4/c1-5-13-6-2-11-17-18-12-4-8-14-7-3-10-16(20(14)18)15(9-1)19(13)17;6-1-4-5(8)3(7)2-9-4/h1-12H;3-8H,1-2H2/t;3-,4+,5-/m.0/s1. The third-order valence-electron chi connectivity index (χ3n) is 5.83. The largest absolute Gasteiger partial charge is 0.394 e. The van der Waals surface area contributed by atoms with E-state index in [2.05, 4.69) is 72.8 Å². The highest BCUT2D eigenvalue weighted by atomic mass is 16.5. The fourth-order valence-electron chi connectivity index (χ4n) is 4.41. The Morgan fingerprint density at radius 2 is 1.10 bits per heavy atom. The van der Waals surface area contributed by atoms with Crippen LogP contribution in [0.3, 0.4) is 0 Å². The zero-order valence-corrected chi connectivity index (χ0v) is 15.8. The quantitative estimate of drug-likeness (QED) is 0.302. The SMILES string of the molecule is OC[C@H]1OC[C@H](O)[C@@H]1O.c1cc2cccc3c4cccc5cccc(c(c1)c23)c54. The van der Waals surface area contributed by atoms with Crippen molar-refractivity contribution < 1.29 is 20.1 Å². The van der Waals surface area contributed by atoms with Crippen molar-refractivity contribution in [1.82, 2.24) is 0 Å². The van der Waals surface area contributed by atoms with Crippen molar-refractivity contribution in [3.63, 3.8) is 0 Å². The van der Waals surface area contributed by atoms with Crippen LogP contribution < -0.4 is 0 Å². The molecule has 0 aromatic heterocycles. The molecule has 0 radical (unpaired) electrons. The summed E-state index contributed by atoms with van der Waals surface area (Å²) in [4.78, 5) is 0. The lowest BCUT2D eigenvalue weighted by Crippen LogP contribution is -2.31. The first-order valence-electron chi connectivity index (χ1n) is 9.82. The van der Waals surface area contributed by atoms with Gasteiger partial charge in [0.25, 0.3) is 0 Å². The Kier molecular flexibility index (Phi) is 4.57. The summed E-state index contributed by atoms with van der Waals surface area (Å²) in [5.74, 6) is 0. The summed E-state index contributed by atoms with van der Waals surface area (Å²) in [6.07, 6.45) is -2.35. The molecule has 1 aliphatic rings. The van der Waals surface area contributed by atoms with Gasteiger partial charge in [0.05, 0.1) is 13.2 Å². The Hall–Kier alpha value is -2.76. The van der Waals surface area contributed by atoms with Gasteiger partial charge in [0, 0.05) is 0 Å². The second kappa shape index (κ2) is 7.25. The predicted octanol–water partition coefficient (Wildman–Crippen LogP) is 3.84. The van der Waals surface area contributed by atoms with Gasteiger partial charge >= 0.3 is 0 Å². The maximum absolute atomic E-state index is 8.92. The highest BCUT2D eigenvalue weighted by Crippen LogP contribution is 2.39. The molecule has 0 bridgehead atoms. The Morgan fingerprint density at radius 3 is 1.38 bits per heavy atom. The number of hydrogen-bond donors (Lipinski definition) is 3. The van der Waals surface area contributed by atoms with Crippen molar-refractivity contribution in [3.05, 3.63) is 72.8 Å². The molecule has 0 amide bonds. The van der Waals surface area contributed by atoms with Gasteiger partial charge in [-0.1, -0.05) is 72.8 Å². The predicted molar refractivity (Wildman–Crippen MR) is 116 cm³/mol. The van der Waals surface area contributed by atoms with E-state index in [9.17, 15) is 0 Å². The fraction of sp³-hybridized carbons (Fsp3) is 0.200. The molecular formula is C25H22O4. The molecule has 0 unspecified atom stereocenters. The topological polar surface area (TPSA) is 69.9 Å². The van der Waals surface area contributed by atoms with Crippen molar-refractivity contribution in [1.29, 1.82) is 0 Å². The van der Waals surface area contributed by atoms with Crippen molar-refractivity contribution in [2.24, 2.45) is 0 Å². The van der Waals surface area contributed by atoms with E-state index in [0.29, 0.717) is 0 Å². The summed E-state index contributed by atoms with van der Waals surface area (Å²) in [5.41, 5.74) is 0.